The second-order valence-electron chi connectivity index (χ2n) is 2.99. The number of hydrogen-bond donors (Lipinski definition) is 4. The molecule has 0 saturated heterocycles. The molecule has 0 fully saturated rings. The molecular formula is C9H16AlClO10. The van der Waals surface area contributed by atoms with Crippen LogP contribution in [0.25, 0.3) is 0 Å². The fraction of sp³-hybridized carbons (Fsp3) is 0.667. The van der Waals surface area contributed by atoms with Gasteiger partial charge in [-0.3, -0.25) is 4.66 Å². The summed E-state index contributed by atoms with van der Waals surface area (Å²) >= 11 is 3.64. The SMILES string of the molecule is CC(O)C(=O)[O-].CC(O)C(=O)[O-].CC(O)C(=O)[O-].OCl.[Al+3]. The largest absolute Gasteiger partial charge is 3.00 e. The molecule has 21 heavy (non-hydrogen) atoms. The summed E-state index contributed by atoms with van der Waals surface area (Å²) in [7, 11) is 0. The van der Waals surface area contributed by atoms with Gasteiger partial charge < -0.3 is 45.0 Å². The van der Waals surface area contributed by atoms with Crippen molar-refractivity contribution < 1.29 is 49.7 Å². The van der Waals surface area contributed by atoms with Crippen LogP contribution in [-0.4, -0.2) is 73.6 Å². The third-order valence-corrected chi connectivity index (χ3v) is 1.02. The van der Waals surface area contributed by atoms with Gasteiger partial charge in [-0.2, -0.15) is 0 Å². The van der Waals surface area contributed by atoms with E-state index in [4.69, 9.17) is 20.0 Å². The maximum atomic E-state index is 9.34. The van der Waals surface area contributed by atoms with Crippen molar-refractivity contribution in [3.05, 3.63) is 0 Å². The molecule has 0 saturated carbocycles. The predicted molar refractivity (Wildman–Crippen MR) is 63.9 cm³/mol. The van der Waals surface area contributed by atoms with Crippen molar-refractivity contribution in [3.63, 3.8) is 0 Å². The second kappa shape index (κ2) is 21.4. The number of aliphatic hydroxyl groups is 3. The first-order chi connectivity index (χ1) is 8.93. The molecule has 0 radical (unpaired) electrons. The van der Waals surface area contributed by atoms with Gasteiger partial charge in [0.25, 0.3) is 0 Å². The van der Waals surface area contributed by atoms with Crippen LogP contribution in [0, 0.1) is 0 Å². The molecule has 0 rings (SSSR count). The summed E-state index contributed by atoms with van der Waals surface area (Å²) in [5.74, 6) is -4.31. The standard InChI is InChI=1S/3C3H6O3.Al.ClHO/c3*1-2(4)3(5)6;;1-2/h3*2,4H,1H3,(H,5,6);;2H/q;;;+3;/p-3. The molecule has 0 aliphatic carbocycles. The molecule has 0 aromatic heterocycles. The summed E-state index contributed by atoms with van der Waals surface area (Å²) in [4.78, 5) is 28.0. The Balaban J connectivity index is -0.0000000561. The minimum atomic E-state index is -1.44. The number of halogens is 1. The van der Waals surface area contributed by atoms with Gasteiger partial charge in [-0.05, 0) is 20.8 Å². The van der Waals surface area contributed by atoms with E-state index >= 15 is 0 Å². The van der Waals surface area contributed by atoms with E-state index in [0.717, 1.165) is 20.8 Å². The van der Waals surface area contributed by atoms with Gasteiger partial charge in [0.2, 0.25) is 0 Å². The van der Waals surface area contributed by atoms with Gasteiger partial charge >= 0.3 is 17.4 Å². The van der Waals surface area contributed by atoms with E-state index in [2.05, 4.69) is 11.9 Å². The summed E-state index contributed by atoms with van der Waals surface area (Å²) < 4.78 is 6.47. The van der Waals surface area contributed by atoms with Gasteiger partial charge in [0, 0.05) is 0 Å². The average Bonchev–Trinajstić information content (AvgIpc) is 2.32. The molecule has 12 heteroatoms. The van der Waals surface area contributed by atoms with Crippen LogP contribution >= 0.6 is 11.9 Å². The minimum absolute atomic E-state index is 0. The molecule has 122 valence electrons. The third kappa shape index (κ3) is 45.3. The molecule has 0 aliphatic heterocycles. The number of carbonyl (C=O) groups excluding carboxylic acids is 3. The zero-order chi connectivity index (χ0) is 17.5. The van der Waals surface area contributed by atoms with Gasteiger partial charge in [0.15, 0.2) is 0 Å². The van der Waals surface area contributed by atoms with E-state index in [1.165, 1.54) is 0 Å². The first-order valence-electron chi connectivity index (χ1n) is 4.77. The molecule has 0 heterocycles. The quantitative estimate of drug-likeness (QED) is 0.356. The van der Waals surface area contributed by atoms with Crippen molar-refractivity contribution in [1.29, 1.82) is 0 Å². The molecule has 0 aromatic carbocycles. The Morgan fingerprint density at radius 2 is 0.762 bits per heavy atom. The van der Waals surface area contributed by atoms with Crippen molar-refractivity contribution in [1.82, 2.24) is 0 Å². The Labute approximate surface area is 136 Å². The average molecular weight is 347 g/mol. The van der Waals surface area contributed by atoms with Crippen LogP contribution in [0.15, 0.2) is 0 Å². The van der Waals surface area contributed by atoms with E-state index in [9.17, 15) is 29.7 Å². The van der Waals surface area contributed by atoms with E-state index < -0.39 is 36.2 Å². The van der Waals surface area contributed by atoms with E-state index in [1.807, 2.05) is 0 Å². The van der Waals surface area contributed by atoms with E-state index in [0.29, 0.717) is 0 Å². The summed E-state index contributed by atoms with van der Waals surface area (Å²) in [6.45, 7) is 3.40. The van der Waals surface area contributed by atoms with Gasteiger partial charge in [-0.25, -0.2) is 0 Å². The molecule has 0 aliphatic rings. The Hall–Kier alpha value is -0.928. The Bertz CT molecular complexity index is 226. The minimum Gasteiger partial charge on any atom is -0.547 e. The van der Waals surface area contributed by atoms with Gasteiger partial charge in [-0.1, -0.05) is 0 Å². The van der Waals surface area contributed by atoms with Crippen LogP contribution in [0.1, 0.15) is 20.8 Å². The summed E-state index contributed by atoms with van der Waals surface area (Å²) in [5, 5.41) is 51.9. The zero-order valence-electron chi connectivity index (χ0n) is 11.4. The number of carbonyl (C=O) groups is 3. The van der Waals surface area contributed by atoms with Gasteiger partial charge in [-0.15, -0.1) is 0 Å². The van der Waals surface area contributed by atoms with Crippen LogP contribution in [-0.2, 0) is 14.4 Å². The Morgan fingerprint density at radius 1 is 0.714 bits per heavy atom. The third-order valence-electron chi connectivity index (χ3n) is 1.02. The number of hydrogen-bond acceptors (Lipinski definition) is 10. The number of carboxylic acid groups (broad SMARTS) is 3. The summed E-state index contributed by atoms with van der Waals surface area (Å²) in [6.07, 6.45) is -4.03. The van der Waals surface area contributed by atoms with Crippen LogP contribution in [0.2, 0.25) is 0 Å². The number of aliphatic carboxylic acids is 3. The molecule has 0 amide bonds. The van der Waals surface area contributed by atoms with Crippen molar-refractivity contribution in [2.75, 3.05) is 0 Å². The van der Waals surface area contributed by atoms with E-state index in [1.54, 1.807) is 0 Å². The Morgan fingerprint density at radius 3 is 0.762 bits per heavy atom. The Kier molecular flexibility index (Phi) is 32.7. The van der Waals surface area contributed by atoms with Crippen LogP contribution < -0.4 is 15.3 Å². The molecule has 10 nitrogen and oxygen atoms in total. The molecule has 0 bridgehead atoms. The summed E-state index contributed by atoms with van der Waals surface area (Å²) in [5.41, 5.74) is 0. The topological polar surface area (TPSA) is 201 Å². The molecule has 0 aromatic rings. The molecular weight excluding hydrogens is 331 g/mol. The normalized spacial score (nSPS) is 12.0. The van der Waals surface area contributed by atoms with Crippen molar-refractivity contribution in [2.45, 2.75) is 39.1 Å². The van der Waals surface area contributed by atoms with Crippen LogP contribution in [0.3, 0.4) is 0 Å². The fourth-order valence-corrected chi connectivity index (χ4v) is 0. The number of rotatable bonds is 3. The maximum absolute atomic E-state index is 9.34. The molecule has 0 spiro atoms. The second-order valence-corrected chi connectivity index (χ2v) is 2.99. The predicted octanol–water partition coefficient (Wildman–Crippen LogP) is -5.90. The first kappa shape index (κ1) is 32.1. The smallest absolute Gasteiger partial charge is 0.547 e. The van der Waals surface area contributed by atoms with Gasteiger partial charge in [0.05, 0.1) is 48.1 Å². The molecule has 3 unspecified atom stereocenters. The van der Waals surface area contributed by atoms with Gasteiger partial charge in [0.1, 0.15) is 0 Å². The molecule has 4 N–H and O–H groups in total. The van der Waals surface area contributed by atoms with Crippen molar-refractivity contribution in [2.24, 2.45) is 0 Å². The monoisotopic (exact) mass is 346 g/mol. The van der Waals surface area contributed by atoms with Crippen molar-refractivity contribution >= 4 is 47.1 Å². The number of aliphatic hydroxyl groups excluding tert-OH is 3. The van der Waals surface area contributed by atoms with E-state index in [-0.39, 0.29) is 17.4 Å². The maximum Gasteiger partial charge on any atom is 3.00 e. The van der Waals surface area contributed by atoms with Crippen LogP contribution in [0.4, 0.5) is 0 Å². The zero-order valence-corrected chi connectivity index (χ0v) is 13.3. The van der Waals surface area contributed by atoms with Crippen LogP contribution in [0.5, 0.6) is 0 Å². The fourth-order valence-electron chi connectivity index (χ4n) is 0. The number of carboxylic acids is 3. The summed E-state index contributed by atoms with van der Waals surface area (Å²) in [6, 6.07) is 0. The molecule has 3 atom stereocenters. The first-order valence-corrected chi connectivity index (χ1v) is 5.10. The van der Waals surface area contributed by atoms with Crippen molar-refractivity contribution in [3.8, 4) is 0 Å².